The van der Waals surface area contributed by atoms with Crippen LogP contribution in [-0.4, -0.2) is 35.7 Å². The maximum atomic E-state index is 12.8. The maximum absolute atomic E-state index is 12.8. The summed E-state index contributed by atoms with van der Waals surface area (Å²) in [7, 11) is 3.62. The number of allylic oxidation sites excluding steroid dienone is 3. The zero-order valence-electron chi connectivity index (χ0n) is 18.6. The minimum atomic E-state index is -4.40. The van der Waals surface area contributed by atoms with Crippen molar-refractivity contribution in [2.24, 2.45) is 0 Å². The first-order valence-electron chi connectivity index (χ1n) is 10.0. The Labute approximate surface area is 190 Å². The molecule has 0 amide bonds. The number of alkyl halides is 3. The van der Waals surface area contributed by atoms with Crippen molar-refractivity contribution in [3.05, 3.63) is 90.5 Å². The molecular weight excluding hydrogens is 431 g/mol. The average Bonchev–Trinajstić information content (AvgIpc) is 3.26. The third-order valence-corrected chi connectivity index (χ3v) is 4.90. The number of ether oxygens (including phenoxy) is 1. The van der Waals surface area contributed by atoms with E-state index in [0.717, 1.165) is 28.8 Å². The van der Waals surface area contributed by atoms with Gasteiger partial charge in [0.2, 0.25) is 5.82 Å². The van der Waals surface area contributed by atoms with Crippen LogP contribution in [0.5, 0.6) is 5.75 Å². The van der Waals surface area contributed by atoms with Gasteiger partial charge in [-0.25, -0.2) is 0 Å². The van der Waals surface area contributed by atoms with Gasteiger partial charge in [-0.1, -0.05) is 54.2 Å². The van der Waals surface area contributed by atoms with E-state index in [1.165, 1.54) is 12.1 Å². The Morgan fingerprint density at radius 1 is 1.09 bits per heavy atom. The number of benzene rings is 2. The molecule has 0 bridgehead atoms. The second kappa shape index (κ2) is 9.77. The average molecular weight is 455 g/mol. The molecule has 1 heterocycles. The van der Waals surface area contributed by atoms with Crippen molar-refractivity contribution in [3.8, 4) is 17.1 Å². The Morgan fingerprint density at radius 3 is 2.24 bits per heavy atom. The Hall–Kier alpha value is -3.81. The van der Waals surface area contributed by atoms with Crippen molar-refractivity contribution in [2.45, 2.75) is 13.1 Å². The van der Waals surface area contributed by atoms with Gasteiger partial charge in [0.05, 0.1) is 16.8 Å². The van der Waals surface area contributed by atoms with Crippen molar-refractivity contribution in [2.75, 3.05) is 20.7 Å². The first-order chi connectivity index (χ1) is 15.6. The van der Waals surface area contributed by atoms with Crippen LogP contribution in [0.3, 0.4) is 0 Å². The van der Waals surface area contributed by atoms with Crippen LogP contribution in [0.4, 0.5) is 13.2 Å². The molecule has 0 aliphatic heterocycles. The predicted molar refractivity (Wildman–Crippen MR) is 122 cm³/mol. The Balaban J connectivity index is 1.84. The number of aromatic nitrogens is 2. The van der Waals surface area contributed by atoms with Gasteiger partial charge in [0.15, 0.2) is 0 Å². The quantitative estimate of drug-likeness (QED) is 0.372. The lowest BCUT2D eigenvalue weighted by Gasteiger charge is -2.20. The molecule has 0 aliphatic rings. The van der Waals surface area contributed by atoms with Gasteiger partial charge in [-0.15, -0.1) is 0 Å². The molecule has 0 radical (unpaired) electrons. The highest BCUT2D eigenvalue weighted by molar-refractivity contribution is 5.72. The topological polar surface area (TPSA) is 51.4 Å². The van der Waals surface area contributed by atoms with Gasteiger partial charge in [-0.05, 0) is 36.8 Å². The molecule has 1 aromatic heterocycles. The van der Waals surface area contributed by atoms with Gasteiger partial charge >= 0.3 is 6.18 Å². The largest absolute Gasteiger partial charge is 0.487 e. The minimum Gasteiger partial charge on any atom is -0.487 e. The summed E-state index contributed by atoms with van der Waals surface area (Å²) in [6.07, 6.45) is -2.82. The van der Waals surface area contributed by atoms with Gasteiger partial charge in [0.1, 0.15) is 12.4 Å². The molecule has 0 atom stereocenters. The third-order valence-electron chi connectivity index (χ3n) is 4.90. The highest BCUT2D eigenvalue weighted by Crippen LogP contribution is 2.31. The zero-order valence-corrected chi connectivity index (χ0v) is 18.6. The van der Waals surface area contributed by atoms with Crippen LogP contribution in [-0.2, 0) is 6.18 Å². The van der Waals surface area contributed by atoms with E-state index in [4.69, 9.17) is 9.26 Å². The van der Waals surface area contributed by atoms with Crippen LogP contribution in [0.1, 0.15) is 23.9 Å². The molecule has 0 spiro atoms. The van der Waals surface area contributed by atoms with E-state index < -0.39 is 11.7 Å². The lowest BCUT2D eigenvalue weighted by Crippen LogP contribution is -2.19. The number of nitrogens with zero attached hydrogens (tertiary/aromatic N) is 3. The van der Waals surface area contributed by atoms with E-state index in [2.05, 4.69) is 23.3 Å². The van der Waals surface area contributed by atoms with E-state index in [1.54, 1.807) is 11.0 Å². The molecule has 33 heavy (non-hydrogen) atoms. The normalized spacial score (nSPS) is 12.2. The van der Waals surface area contributed by atoms with Crippen molar-refractivity contribution < 1.29 is 22.4 Å². The third kappa shape index (κ3) is 5.71. The summed E-state index contributed by atoms with van der Waals surface area (Å²) in [6, 6.07) is 12.2. The summed E-state index contributed by atoms with van der Waals surface area (Å²) in [6.45, 7) is 9.76. The number of hydrogen-bond donors (Lipinski definition) is 0. The molecule has 2 aromatic carbocycles. The molecule has 0 aliphatic carbocycles. The van der Waals surface area contributed by atoms with E-state index in [0.29, 0.717) is 22.8 Å². The van der Waals surface area contributed by atoms with Gasteiger partial charge < -0.3 is 14.2 Å². The maximum Gasteiger partial charge on any atom is 0.416 e. The van der Waals surface area contributed by atoms with Gasteiger partial charge in [0.25, 0.3) is 5.89 Å². The highest BCUT2D eigenvalue weighted by atomic mass is 19.4. The van der Waals surface area contributed by atoms with Crippen LogP contribution in [0.2, 0.25) is 0 Å². The standard InChI is InChI=1S/C25H24F3N3O2/c1-6-21(24-29-23(30-33-24)18-9-7-17(8-10-18)16(2)3)22(31(4)5)15-32-20-13-11-19(12-14-20)25(26,27)28/h6-14H,1-2,15H2,3-5H3/b22-21+. The number of likely N-dealkylation sites (N-methyl/N-ethyl adjacent to an activating group) is 1. The van der Waals surface area contributed by atoms with Crippen LogP contribution in [0.25, 0.3) is 22.5 Å². The van der Waals surface area contributed by atoms with Crippen molar-refractivity contribution in [1.82, 2.24) is 15.0 Å². The fourth-order valence-electron chi connectivity index (χ4n) is 3.02. The predicted octanol–water partition coefficient (Wildman–Crippen LogP) is 6.33. The fourth-order valence-corrected chi connectivity index (χ4v) is 3.02. The SMILES string of the molecule is C=C/C(=C(/COc1ccc(C(F)(F)F)cc1)N(C)C)c1nc(-c2ccc(C(=C)C)cc2)no1. The molecule has 8 heteroatoms. The van der Waals surface area contributed by atoms with Gasteiger partial charge in [-0.2, -0.15) is 18.2 Å². The monoisotopic (exact) mass is 455 g/mol. The Kier molecular flexibility index (Phi) is 7.06. The summed E-state index contributed by atoms with van der Waals surface area (Å²) in [4.78, 5) is 6.28. The van der Waals surface area contributed by atoms with Crippen LogP contribution in [0, 0.1) is 0 Å². The number of halogens is 3. The summed E-state index contributed by atoms with van der Waals surface area (Å²) in [5.74, 6) is 0.970. The summed E-state index contributed by atoms with van der Waals surface area (Å²) >= 11 is 0. The van der Waals surface area contributed by atoms with Crippen LogP contribution < -0.4 is 4.74 Å². The smallest absolute Gasteiger partial charge is 0.416 e. The zero-order chi connectivity index (χ0) is 24.2. The Morgan fingerprint density at radius 2 is 1.73 bits per heavy atom. The molecule has 3 aromatic rings. The fraction of sp³-hybridized carbons (Fsp3) is 0.200. The van der Waals surface area contributed by atoms with E-state index in [-0.39, 0.29) is 12.5 Å². The number of hydrogen-bond acceptors (Lipinski definition) is 5. The lowest BCUT2D eigenvalue weighted by molar-refractivity contribution is -0.137. The molecule has 0 saturated carbocycles. The van der Waals surface area contributed by atoms with Crippen molar-refractivity contribution >= 4 is 11.1 Å². The summed E-state index contributed by atoms with van der Waals surface area (Å²) in [5, 5.41) is 4.07. The first-order valence-corrected chi connectivity index (χ1v) is 10.0. The second-order valence-corrected chi connectivity index (χ2v) is 7.55. The van der Waals surface area contributed by atoms with Crippen molar-refractivity contribution in [1.29, 1.82) is 0 Å². The Bertz CT molecular complexity index is 1160. The number of rotatable bonds is 8. The van der Waals surface area contributed by atoms with Crippen LogP contribution in [0.15, 0.2) is 78.0 Å². The highest BCUT2D eigenvalue weighted by Gasteiger charge is 2.30. The molecule has 0 fully saturated rings. The van der Waals surface area contributed by atoms with E-state index >= 15 is 0 Å². The molecular formula is C25H24F3N3O2. The van der Waals surface area contributed by atoms with E-state index in [1.807, 2.05) is 45.3 Å². The minimum absolute atomic E-state index is 0.0603. The summed E-state index contributed by atoms with van der Waals surface area (Å²) < 4.78 is 49.5. The summed E-state index contributed by atoms with van der Waals surface area (Å²) in [5.41, 5.74) is 3.24. The molecule has 0 N–H and O–H groups in total. The molecule has 0 unspecified atom stereocenters. The van der Waals surface area contributed by atoms with Crippen molar-refractivity contribution in [3.63, 3.8) is 0 Å². The van der Waals surface area contributed by atoms with Crippen LogP contribution >= 0.6 is 0 Å². The van der Waals surface area contributed by atoms with Gasteiger partial charge in [-0.3, -0.25) is 0 Å². The molecule has 5 nitrogen and oxygen atoms in total. The lowest BCUT2D eigenvalue weighted by atomic mass is 10.1. The molecule has 3 rings (SSSR count). The van der Waals surface area contributed by atoms with E-state index in [9.17, 15) is 13.2 Å². The second-order valence-electron chi connectivity index (χ2n) is 7.55. The molecule has 0 saturated heterocycles. The molecule has 172 valence electrons. The van der Waals surface area contributed by atoms with Gasteiger partial charge in [0, 0.05) is 19.7 Å². The first kappa shape index (κ1) is 23.8.